The minimum absolute atomic E-state index is 0.346. The largest absolute Gasteiger partial charge is 0.454 e. The predicted molar refractivity (Wildman–Crippen MR) is 73.8 cm³/mol. The molecule has 3 aliphatic rings. The van der Waals surface area contributed by atoms with Crippen LogP contribution in [0.3, 0.4) is 0 Å². The summed E-state index contributed by atoms with van der Waals surface area (Å²) in [4.78, 5) is 2.65. The van der Waals surface area contributed by atoms with Gasteiger partial charge in [0, 0.05) is 30.4 Å². The van der Waals surface area contributed by atoms with E-state index in [0.717, 1.165) is 23.2 Å². The van der Waals surface area contributed by atoms with Crippen LogP contribution in [0.2, 0.25) is 0 Å². The van der Waals surface area contributed by atoms with E-state index in [1.165, 1.54) is 38.8 Å². The number of piperidine rings is 1. The highest BCUT2D eigenvalue weighted by molar-refractivity contribution is 5.56. The molecule has 1 aromatic carbocycles. The number of rotatable bonds is 2. The first-order chi connectivity index (χ1) is 9.38. The van der Waals surface area contributed by atoms with Gasteiger partial charge in [-0.25, -0.2) is 0 Å². The minimum atomic E-state index is 0.346. The number of hydrogen-bond acceptors (Lipinski definition) is 4. The monoisotopic (exact) mass is 260 g/mol. The van der Waals surface area contributed by atoms with Gasteiger partial charge < -0.3 is 19.7 Å². The summed E-state index contributed by atoms with van der Waals surface area (Å²) in [5.74, 6) is 1.72. The molecule has 0 saturated carbocycles. The topological polar surface area (TPSA) is 33.7 Å². The van der Waals surface area contributed by atoms with Crippen molar-refractivity contribution in [2.45, 2.75) is 37.8 Å². The lowest BCUT2D eigenvalue weighted by Gasteiger charge is -2.35. The summed E-state index contributed by atoms with van der Waals surface area (Å²) in [5, 5.41) is 3.66. The third-order valence-corrected chi connectivity index (χ3v) is 4.56. The van der Waals surface area contributed by atoms with Crippen molar-refractivity contribution in [1.29, 1.82) is 0 Å². The van der Waals surface area contributed by atoms with Crippen molar-refractivity contribution < 1.29 is 9.47 Å². The molecule has 102 valence electrons. The van der Waals surface area contributed by atoms with E-state index in [0.29, 0.717) is 12.8 Å². The zero-order valence-electron chi connectivity index (χ0n) is 11.1. The van der Waals surface area contributed by atoms with E-state index >= 15 is 0 Å². The van der Waals surface area contributed by atoms with Gasteiger partial charge in [-0.05, 0) is 44.4 Å². The van der Waals surface area contributed by atoms with Gasteiger partial charge in [-0.2, -0.15) is 0 Å². The van der Waals surface area contributed by atoms with Crippen molar-refractivity contribution >= 4 is 5.69 Å². The second kappa shape index (κ2) is 4.60. The summed E-state index contributed by atoms with van der Waals surface area (Å²) in [7, 11) is 0. The Morgan fingerprint density at radius 2 is 2.05 bits per heavy atom. The lowest BCUT2D eigenvalue weighted by Crippen LogP contribution is -2.42. The fourth-order valence-corrected chi connectivity index (χ4v) is 3.58. The Labute approximate surface area is 113 Å². The summed E-state index contributed by atoms with van der Waals surface area (Å²) in [6.07, 6.45) is 5.26. The van der Waals surface area contributed by atoms with Gasteiger partial charge in [0.25, 0.3) is 0 Å². The molecule has 0 amide bonds. The maximum atomic E-state index is 5.43. The Balaban J connectivity index is 1.44. The van der Waals surface area contributed by atoms with E-state index in [-0.39, 0.29) is 0 Å². The molecule has 2 saturated heterocycles. The Morgan fingerprint density at radius 3 is 3.05 bits per heavy atom. The zero-order chi connectivity index (χ0) is 12.7. The van der Waals surface area contributed by atoms with Crippen LogP contribution in [-0.4, -0.2) is 36.9 Å². The Morgan fingerprint density at radius 1 is 1.11 bits per heavy atom. The van der Waals surface area contributed by atoms with Gasteiger partial charge in [0.15, 0.2) is 11.5 Å². The summed E-state index contributed by atoms with van der Waals surface area (Å²) in [6.45, 7) is 2.90. The molecule has 1 aromatic rings. The molecule has 0 bridgehead atoms. The van der Waals surface area contributed by atoms with Crippen LogP contribution in [0, 0.1) is 0 Å². The van der Waals surface area contributed by atoms with Crippen molar-refractivity contribution in [3.8, 4) is 11.5 Å². The Hall–Kier alpha value is -1.42. The molecule has 19 heavy (non-hydrogen) atoms. The van der Waals surface area contributed by atoms with Crippen LogP contribution >= 0.6 is 0 Å². The molecule has 4 rings (SSSR count). The standard InChI is InChI=1S/C15H20N2O2/c1-2-13-8-12(5-7-17(13)6-1)16-11-3-4-14-15(9-11)19-10-18-14/h3-4,9,12-13,16H,1-2,5-8,10H2. The van der Waals surface area contributed by atoms with Crippen molar-refractivity contribution in [1.82, 2.24) is 4.90 Å². The van der Waals surface area contributed by atoms with Gasteiger partial charge in [-0.15, -0.1) is 0 Å². The van der Waals surface area contributed by atoms with Crippen LogP contribution in [0.4, 0.5) is 5.69 Å². The summed E-state index contributed by atoms with van der Waals surface area (Å²) in [5.41, 5.74) is 1.15. The van der Waals surface area contributed by atoms with Crippen molar-refractivity contribution in [2.24, 2.45) is 0 Å². The second-order valence-corrected chi connectivity index (χ2v) is 5.77. The number of ether oxygens (including phenoxy) is 2. The average Bonchev–Trinajstić information content (AvgIpc) is 3.05. The van der Waals surface area contributed by atoms with Crippen molar-refractivity contribution in [3.05, 3.63) is 18.2 Å². The SMILES string of the molecule is c1cc2c(cc1NC1CCN3CCCC3C1)OCO2. The average molecular weight is 260 g/mol. The molecule has 2 fully saturated rings. The van der Waals surface area contributed by atoms with Gasteiger partial charge in [0.05, 0.1) is 0 Å². The highest BCUT2D eigenvalue weighted by atomic mass is 16.7. The van der Waals surface area contributed by atoms with Crippen molar-refractivity contribution in [3.63, 3.8) is 0 Å². The smallest absolute Gasteiger partial charge is 0.231 e. The van der Waals surface area contributed by atoms with Crippen LogP contribution in [-0.2, 0) is 0 Å². The molecule has 0 aromatic heterocycles. The van der Waals surface area contributed by atoms with Crippen LogP contribution in [0.25, 0.3) is 0 Å². The summed E-state index contributed by atoms with van der Waals surface area (Å²) >= 11 is 0. The van der Waals surface area contributed by atoms with Gasteiger partial charge in [0.1, 0.15) is 0 Å². The highest BCUT2D eigenvalue weighted by Crippen LogP contribution is 2.35. The lowest BCUT2D eigenvalue weighted by atomic mass is 9.97. The fraction of sp³-hybridized carbons (Fsp3) is 0.600. The minimum Gasteiger partial charge on any atom is -0.454 e. The molecule has 0 spiro atoms. The van der Waals surface area contributed by atoms with Gasteiger partial charge >= 0.3 is 0 Å². The molecule has 3 aliphatic heterocycles. The molecular weight excluding hydrogens is 240 g/mol. The second-order valence-electron chi connectivity index (χ2n) is 5.77. The molecule has 2 unspecified atom stereocenters. The molecule has 0 radical (unpaired) electrons. The zero-order valence-corrected chi connectivity index (χ0v) is 11.1. The van der Waals surface area contributed by atoms with Gasteiger partial charge in [-0.3, -0.25) is 0 Å². The number of nitrogens with zero attached hydrogens (tertiary/aromatic N) is 1. The first-order valence-corrected chi connectivity index (χ1v) is 7.29. The van der Waals surface area contributed by atoms with Crippen molar-refractivity contribution in [2.75, 3.05) is 25.2 Å². The fourth-order valence-electron chi connectivity index (χ4n) is 3.58. The van der Waals surface area contributed by atoms with Crippen LogP contribution in [0.15, 0.2) is 18.2 Å². The quantitative estimate of drug-likeness (QED) is 0.885. The first kappa shape index (κ1) is 11.4. The Kier molecular flexibility index (Phi) is 2.76. The maximum Gasteiger partial charge on any atom is 0.231 e. The van der Waals surface area contributed by atoms with E-state index in [2.05, 4.69) is 22.3 Å². The van der Waals surface area contributed by atoms with Gasteiger partial charge in [0.2, 0.25) is 6.79 Å². The number of benzene rings is 1. The molecule has 3 heterocycles. The lowest BCUT2D eigenvalue weighted by molar-refractivity contribution is 0.174. The predicted octanol–water partition coefficient (Wildman–Crippen LogP) is 2.45. The van der Waals surface area contributed by atoms with Crippen LogP contribution < -0.4 is 14.8 Å². The van der Waals surface area contributed by atoms with E-state index in [4.69, 9.17) is 9.47 Å². The highest BCUT2D eigenvalue weighted by Gasteiger charge is 2.31. The van der Waals surface area contributed by atoms with Crippen LogP contribution in [0.1, 0.15) is 25.7 Å². The van der Waals surface area contributed by atoms with E-state index in [1.54, 1.807) is 0 Å². The number of fused-ring (bicyclic) bond motifs is 2. The summed E-state index contributed by atoms with van der Waals surface area (Å²) in [6, 6.07) is 7.55. The molecular formula is C15H20N2O2. The Bertz CT molecular complexity index is 477. The van der Waals surface area contributed by atoms with Crippen LogP contribution in [0.5, 0.6) is 11.5 Å². The third-order valence-electron chi connectivity index (χ3n) is 4.56. The number of anilines is 1. The third kappa shape index (κ3) is 2.14. The van der Waals surface area contributed by atoms with Gasteiger partial charge in [-0.1, -0.05) is 0 Å². The molecule has 0 aliphatic carbocycles. The maximum absolute atomic E-state index is 5.43. The number of hydrogen-bond donors (Lipinski definition) is 1. The summed E-state index contributed by atoms with van der Waals surface area (Å²) < 4.78 is 10.8. The van der Waals surface area contributed by atoms with E-state index in [9.17, 15) is 0 Å². The molecule has 1 N–H and O–H groups in total. The number of nitrogens with one attached hydrogen (secondary N) is 1. The molecule has 4 heteroatoms. The molecule has 4 nitrogen and oxygen atoms in total. The molecule has 2 atom stereocenters. The first-order valence-electron chi connectivity index (χ1n) is 7.29. The van der Waals surface area contributed by atoms with E-state index in [1.807, 2.05) is 6.07 Å². The normalized spacial score (nSPS) is 29.3. The van der Waals surface area contributed by atoms with E-state index < -0.39 is 0 Å².